The predicted octanol–water partition coefficient (Wildman–Crippen LogP) is 2.68. The van der Waals surface area contributed by atoms with Gasteiger partial charge in [-0.2, -0.15) is 14.6 Å². The van der Waals surface area contributed by atoms with E-state index in [0.29, 0.717) is 20.7 Å². The van der Waals surface area contributed by atoms with Crippen molar-refractivity contribution in [2.24, 2.45) is 0 Å². The molecule has 0 fully saturated rings. The number of fused-ring (bicyclic) bond motifs is 3. The van der Waals surface area contributed by atoms with Crippen molar-refractivity contribution in [2.75, 3.05) is 5.32 Å². The van der Waals surface area contributed by atoms with Gasteiger partial charge in [0.15, 0.2) is 0 Å². The molecule has 0 unspecified atom stereocenters. The molecule has 0 amide bonds. The molecule has 0 saturated heterocycles. The van der Waals surface area contributed by atoms with Crippen molar-refractivity contribution < 1.29 is 0 Å². The van der Waals surface area contributed by atoms with Crippen molar-refractivity contribution in [2.45, 2.75) is 5.25 Å². The summed E-state index contributed by atoms with van der Waals surface area (Å²) in [5.74, 6) is 0.629. The zero-order valence-electron chi connectivity index (χ0n) is 10.5. The minimum Gasteiger partial charge on any atom is -0.325 e. The van der Waals surface area contributed by atoms with E-state index in [9.17, 15) is 4.79 Å². The molecule has 0 spiro atoms. The first-order valence-corrected chi connectivity index (χ1v) is 8.30. The van der Waals surface area contributed by atoms with E-state index in [1.54, 1.807) is 10.0 Å². The predicted molar refractivity (Wildman–Crippen MR) is 89.2 cm³/mol. The van der Waals surface area contributed by atoms with Gasteiger partial charge in [0.25, 0.3) is 5.56 Å². The van der Waals surface area contributed by atoms with E-state index in [1.807, 2.05) is 30.3 Å². The molecule has 3 heterocycles. The average molecular weight is 332 g/mol. The zero-order chi connectivity index (χ0) is 14.4. The monoisotopic (exact) mass is 332 g/mol. The first-order chi connectivity index (χ1) is 10.2. The quantitative estimate of drug-likeness (QED) is 0.692. The summed E-state index contributed by atoms with van der Waals surface area (Å²) in [4.78, 5) is 17.1. The fourth-order valence-electron chi connectivity index (χ4n) is 2.32. The maximum atomic E-state index is 12.4. The minimum absolute atomic E-state index is 0.159. The van der Waals surface area contributed by atoms with Gasteiger partial charge in [0.1, 0.15) is 15.6 Å². The molecule has 4 rings (SSSR count). The topological polar surface area (TPSA) is 59.3 Å². The van der Waals surface area contributed by atoms with Crippen molar-refractivity contribution >= 4 is 50.4 Å². The molecule has 21 heavy (non-hydrogen) atoms. The number of nitrogens with zero attached hydrogens (tertiary/aromatic N) is 3. The second-order valence-corrected chi connectivity index (χ2v) is 7.03. The first kappa shape index (κ1) is 12.9. The lowest BCUT2D eigenvalue weighted by Crippen LogP contribution is -2.28. The maximum absolute atomic E-state index is 12.4. The van der Waals surface area contributed by atoms with Crippen LogP contribution in [0.25, 0.3) is 4.96 Å². The highest BCUT2D eigenvalue weighted by molar-refractivity contribution is 8.23. The number of thioether (sulfide) groups is 1. The number of nitrogens with one attached hydrogen (secondary N) is 1. The third-order valence-electron chi connectivity index (χ3n) is 3.21. The molecule has 0 radical (unpaired) electrons. The molecule has 1 N–H and O–H groups in total. The highest BCUT2D eigenvalue weighted by Crippen LogP contribution is 2.42. The average Bonchev–Trinajstić information content (AvgIpc) is 2.95. The van der Waals surface area contributed by atoms with Gasteiger partial charge in [0.2, 0.25) is 4.96 Å². The number of thiocarbonyl (C=S) groups is 1. The molecule has 0 saturated carbocycles. The third kappa shape index (κ3) is 2.06. The van der Waals surface area contributed by atoms with E-state index in [-0.39, 0.29) is 10.8 Å². The lowest BCUT2D eigenvalue weighted by atomic mass is 10.1. The van der Waals surface area contributed by atoms with E-state index in [2.05, 4.69) is 15.4 Å². The molecule has 0 bridgehead atoms. The Kier molecular flexibility index (Phi) is 3.02. The number of benzene rings is 1. The molecular formula is C13H8N4OS3. The van der Waals surface area contributed by atoms with Crippen LogP contribution in [0, 0.1) is 0 Å². The Labute approximate surface area is 133 Å². The van der Waals surface area contributed by atoms with E-state index in [4.69, 9.17) is 12.2 Å². The van der Waals surface area contributed by atoms with Crippen LogP contribution in [0.3, 0.4) is 0 Å². The van der Waals surface area contributed by atoms with E-state index < -0.39 is 0 Å². The van der Waals surface area contributed by atoms with Crippen LogP contribution in [0.2, 0.25) is 0 Å². The molecule has 1 aliphatic rings. The number of anilines is 1. The van der Waals surface area contributed by atoms with Crippen molar-refractivity contribution in [1.82, 2.24) is 14.6 Å². The summed E-state index contributed by atoms with van der Waals surface area (Å²) in [7, 11) is 0. The number of aromatic nitrogens is 3. The molecule has 5 nitrogen and oxygen atoms in total. The van der Waals surface area contributed by atoms with Gasteiger partial charge in [-0.1, -0.05) is 65.6 Å². The van der Waals surface area contributed by atoms with Crippen LogP contribution in [0.5, 0.6) is 0 Å². The van der Waals surface area contributed by atoms with Crippen LogP contribution in [0.15, 0.2) is 40.6 Å². The second kappa shape index (κ2) is 4.90. The Hall–Kier alpha value is -1.77. The van der Waals surface area contributed by atoms with Gasteiger partial charge in [-0.05, 0) is 5.56 Å². The number of rotatable bonds is 1. The van der Waals surface area contributed by atoms with Crippen molar-refractivity contribution in [3.8, 4) is 0 Å². The minimum atomic E-state index is -0.231. The number of hydrogen-bond acceptors (Lipinski definition) is 6. The molecule has 1 aromatic carbocycles. The van der Waals surface area contributed by atoms with Crippen LogP contribution in [-0.2, 0) is 0 Å². The summed E-state index contributed by atoms with van der Waals surface area (Å²) in [5.41, 5.74) is 3.06. The molecule has 8 heteroatoms. The molecule has 104 valence electrons. The highest BCUT2D eigenvalue weighted by atomic mass is 32.2. The van der Waals surface area contributed by atoms with E-state index in [0.717, 1.165) is 5.56 Å². The van der Waals surface area contributed by atoms with Crippen molar-refractivity contribution in [3.63, 3.8) is 0 Å². The van der Waals surface area contributed by atoms with Crippen molar-refractivity contribution in [1.29, 1.82) is 0 Å². The fraction of sp³-hybridized carbons (Fsp3) is 0.0769. The summed E-state index contributed by atoms with van der Waals surface area (Å²) in [6, 6.07) is 9.83. The zero-order valence-corrected chi connectivity index (χ0v) is 13.0. The first-order valence-electron chi connectivity index (χ1n) is 6.13. The molecular weight excluding hydrogens is 324 g/mol. The summed E-state index contributed by atoms with van der Waals surface area (Å²) >= 11 is 8.10. The van der Waals surface area contributed by atoms with Crippen LogP contribution in [0.4, 0.5) is 5.82 Å². The lowest BCUT2D eigenvalue weighted by Gasteiger charge is -2.25. The van der Waals surface area contributed by atoms with E-state index in [1.165, 1.54) is 23.1 Å². The highest BCUT2D eigenvalue weighted by Gasteiger charge is 2.31. The fourth-order valence-corrected chi connectivity index (χ4v) is 4.31. The Bertz CT molecular complexity index is 903. The van der Waals surface area contributed by atoms with Gasteiger partial charge in [-0.3, -0.25) is 4.79 Å². The van der Waals surface area contributed by atoms with Gasteiger partial charge in [-0.15, -0.1) is 0 Å². The van der Waals surface area contributed by atoms with Gasteiger partial charge < -0.3 is 5.32 Å². The van der Waals surface area contributed by atoms with Crippen molar-refractivity contribution in [3.05, 3.63) is 57.3 Å². The molecule has 0 aliphatic carbocycles. The molecule has 1 aliphatic heterocycles. The largest absolute Gasteiger partial charge is 0.325 e. The standard InChI is InChI=1S/C13H8N4OS3/c18-11-8-9(7-4-2-1-3-5-7)21-13(19)15-10(8)17-12(16-11)20-6-14-17/h1-6,9H,(H,15,19)/t9-/m1/s1. The summed E-state index contributed by atoms with van der Waals surface area (Å²) in [6.45, 7) is 0. The van der Waals surface area contributed by atoms with Crippen LogP contribution in [-0.4, -0.2) is 18.9 Å². The van der Waals surface area contributed by atoms with Crippen LogP contribution >= 0.6 is 35.3 Å². The van der Waals surface area contributed by atoms with Gasteiger partial charge in [0, 0.05) is 0 Å². The third-order valence-corrected chi connectivity index (χ3v) is 5.33. The molecule has 1 atom stereocenters. The number of hydrogen-bond donors (Lipinski definition) is 1. The van der Waals surface area contributed by atoms with Gasteiger partial charge in [0.05, 0.1) is 10.8 Å². The second-order valence-electron chi connectivity index (χ2n) is 4.43. The Morgan fingerprint density at radius 2 is 2.10 bits per heavy atom. The Morgan fingerprint density at radius 3 is 2.90 bits per heavy atom. The lowest BCUT2D eigenvalue weighted by molar-refractivity contribution is 0.910. The summed E-state index contributed by atoms with van der Waals surface area (Å²) in [6.07, 6.45) is 0. The Balaban J connectivity index is 2.03. The SMILES string of the molecule is O=c1nc2scnn2c2c1[C@@H](c1ccccc1)SC(=S)N2. The summed E-state index contributed by atoms with van der Waals surface area (Å²) in [5, 5.41) is 7.17. The van der Waals surface area contributed by atoms with Gasteiger partial charge in [-0.25, -0.2) is 0 Å². The van der Waals surface area contributed by atoms with Crippen LogP contribution < -0.4 is 10.9 Å². The van der Waals surface area contributed by atoms with E-state index >= 15 is 0 Å². The van der Waals surface area contributed by atoms with Gasteiger partial charge >= 0.3 is 0 Å². The maximum Gasteiger partial charge on any atom is 0.280 e. The summed E-state index contributed by atoms with van der Waals surface area (Å²) < 4.78 is 2.27. The molecule has 3 aromatic rings. The smallest absolute Gasteiger partial charge is 0.280 e. The van der Waals surface area contributed by atoms with Crippen LogP contribution in [0.1, 0.15) is 16.4 Å². The normalized spacial score (nSPS) is 17.5. The Morgan fingerprint density at radius 1 is 1.29 bits per heavy atom. The molecule has 2 aromatic heterocycles.